The Morgan fingerprint density at radius 3 is 2.16 bits per heavy atom. The normalized spacial score (nSPS) is 32.0. The third-order valence-electron chi connectivity index (χ3n) is 5.93. The molecule has 1 aromatic carbocycles. The zero-order chi connectivity index (χ0) is 17.7. The summed E-state index contributed by atoms with van der Waals surface area (Å²) in [7, 11) is 0. The molecule has 1 heterocycles. The number of carbonyl (C=O) groups is 3. The first-order chi connectivity index (χ1) is 12.0. The van der Waals surface area contributed by atoms with Crippen LogP contribution >= 0.6 is 0 Å². The molecule has 4 rings (SSSR count). The summed E-state index contributed by atoms with van der Waals surface area (Å²) in [6.07, 6.45) is 5.01. The maximum Gasteiger partial charge on any atom is 0.243 e. The third-order valence-corrected chi connectivity index (χ3v) is 5.93. The van der Waals surface area contributed by atoms with E-state index in [1.807, 2.05) is 37.3 Å². The van der Waals surface area contributed by atoms with Gasteiger partial charge in [0.2, 0.25) is 17.7 Å². The van der Waals surface area contributed by atoms with Crippen LogP contribution in [-0.4, -0.2) is 28.7 Å². The van der Waals surface area contributed by atoms with Gasteiger partial charge in [0.1, 0.15) is 6.04 Å². The molecular formula is C20H22N2O3. The quantitative estimate of drug-likeness (QED) is 0.675. The van der Waals surface area contributed by atoms with Gasteiger partial charge < -0.3 is 5.32 Å². The van der Waals surface area contributed by atoms with Crippen LogP contribution in [0.15, 0.2) is 42.5 Å². The van der Waals surface area contributed by atoms with Crippen LogP contribution in [0.4, 0.5) is 0 Å². The molecule has 130 valence electrons. The molecule has 0 unspecified atom stereocenters. The van der Waals surface area contributed by atoms with Gasteiger partial charge in [0.25, 0.3) is 0 Å². The summed E-state index contributed by atoms with van der Waals surface area (Å²) in [6.45, 7) is 3.53. The van der Waals surface area contributed by atoms with Crippen LogP contribution in [0.5, 0.6) is 0 Å². The SMILES string of the molecule is C[C@H](C(=O)N[C@H](C)c1ccccc1)N1C(=O)[C@@H]2[C@@H](C1=O)[C@H]1C=C[C@H]2C1. The predicted molar refractivity (Wildman–Crippen MR) is 92.0 cm³/mol. The summed E-state index contributed by atoms with van der Waals surface area (Å²) in [5.41, 5.74) is 0.987. The molecule has 6 atom stereocenters. The molecule has 1 aromatic rings. The summed E-state index contributed by atoms with van der Waals surface area (Å²) < 4.78 is 0. The average Bonchev–Trinajstić information content (AvgIpc) is 3.29. The highest BCUT2D eigenvalue weighted by Gasteiger charge is 2.60. The maximum atomic E-state index is 12.8. The van der Waals surface area contributed by atoms with Crippen molar-refractivity contribution >= 4 is 17.7 Å². The number of imide groups is 1. The Labute approximate surface area is 147 Å². The number of nitrogens with one attached hydrogen (secondary N) is 1. The van der Waals surface area contributed by atoms with Crippen molar-refractivity contribution in [2.75, 3.05) is 0 Å². The lowest BCUT2D eigenvalue weighted by Crippen LogP contribution is -2.49. The number of benzene rings is 1. The van der Waals surface area contributed by atoms with E-state index in [1.54, 1.807) is 6.92 Å². The van der Waals surface area contributed by atoms with Crippen LogP contribution < -0.4 is 5.32 Å². The van der Waals surface area contributed by atoms with Gasteiger partial charge in [-0.3, -0.25) is 19.3 Å². The second-order valence-corrected chi connectivity index (χ2v) is 7.36. The molecule has 1 N–H and O–H groups in total. The van der Waals surface area contributed by atoms with Crippen molar-refractivity contribution in [3.05, 3.63) is 48.0 Å². The van der Waals surface area contributed by atoms with Gasteiger partial charge in [0.15, 0.2) is 0 Å². The minimum atomic E-state index is -0.781. The number of amides is 3. The van der Waals surface area contributed by atoms with Crippen LogP contribution in [0.3, 0.4) is 0 Å². The second-order valence-electron chi connectivity index (χ2n) is 7.36. The molecule has 25 heavy (non-hydrogen) atoms. The minimum absolute atomic E-state index is 0.162. The summed E-state index contributed by atoms with van der Waals surface area (Å²) in [6, 6.07) is 8.67. The molecule has 0 aromatic heterocycles. The van der Waals surface area contributed by atoms with Crippen molar-refractivity contribution in [1.29, 1.82) is 0 Å². The molecule has 2 bridgehead atoms. The zero-order valence-electron chi connectivity index (χ0n) is 14.4. The Bertz CT molecular complexity index is 727. The van der Waals surface area contributed by atoms with Crippen molar-refractivity contribution in [2.45, 2.75) is 32.4 Å². The Kier molecular flexibility index (Phi) is 3.74. The van der Waals surface area contributed by atoms with Crippen molar-refractivity contribution in [1.82, 2.24) is 10.2 Å². The van der Waals surface area contributed by atoms with Gasteiger partial charge >= 0.3 is 0 Å². The fraction of sp³-hybridized carbons (Fsp3) is 0.450. The summed E-state index contributed by atoms with van der Waals surface area (Å²) in [5, 5.41) is 2.92. The molecule has 3 aliphatic rings. The predicted octanol–water partition coefficient (Wildman–Crippen LogP) is 2.06. The molecule has 1 saturated carbocycles. The Morgan fingerprint density at radius 2 is 1.60 bits per heavy atom. The fourth-order valence-corrected chi connectivity index (χ4v) is 4.58. The number of allylic oxidation sites excluding steroid dienone is 2. The van der Waals surface area contributed by atoms with E-state index in [9.17, 15) is 14.4 Å². The molecule has 0 radical (unpaired) electrons. The monoisotopic (exact) mass is 338 g/mol. The van der Waals surface area contributed by atoms with Gasteiger partial charge in [-0.05, 0) is 37.7 Å². The minimum Gasteiger partial charge on any atom is -0.348 e. The Morgan fingerprint density at radius 1 is 1.04 bits per heavy atom. The second kappa shape index (κ2) is 5.83. The molecule has 1 aliphatic heterocycles. The van der Waals surface area contributed by atoms with E-state index >= 15 is 0 Å². The largest absolute Gasteiger partial charge is 0.348 e. The first-order valence-corrected chi connectivity index (χ1v) is 8.89. The van der Waals surface area contributed by atoms with Crippen LogP contribution in [-0.2, 0) is 14.4 Å². The van der Waals surface area contributed by atoms with E-state index in [4.69, 9.17) is 0 Å². The molecule has 0 spiro atoms. The van der Waals surface area contributed by atoms with Crippen LogP contribution in [0.25, 0.3) is 0 Å². The Hall–Kier alpha value is -2.43. The zero-order valence-corrected chi connectivity index (χ0v) is 14.4. The molecule has 5 heteroatoms. The van der Waals surface area contributed by atoms with Crippen molar-refractivity contribution < 1.29 is 14.4 Å². The van der Waals surface area contributed by atoms with Crippen molar-refractivity contribution in [2.24, 2.45) is 23.7 Å². The first kappa shape index (κ1) is 16.1. The average molecular weight is 338 g/mol. The highest BCUT2D eigenvalue weighted by atomic mass is 16.2. The molecule has 1 saturated heterocycles. The van der Waals surface area contributed by atoms with Gasteiger partial charge in [-0.15, -0.1) is 0 Å². The lowest BCUT2D eigenvalue weighted by atomic mass is 9.85. The Balaban J connectivity index is 1.48. The van der Waals surface area contributed by atoms with E-state index in [2.05, 4.69) is 17.5 Å². The van der Waals surface area contributed by atoms with Crippen LogP contribution in [0.2, 0.25) is 0 Å². The van der Waals surface area contributed by atoms with Crippen LogP contribution in [0.1, 0.15) is 31.9 Å². The highest BCUT2D eigenvalue weighted by molar-refractivity contribution is 6.09. The van der Waals surface area contributed by atoms with E-state index < -0.39 is 6.04 Å². The number of fused-ring (bicyclic) bond motifs is 5. The van der Waals surface area contributed by atoms with E-state index in [-0.39, 0.29) is 47.4 Å². The number of rotatable bonds is 4. The number of nitrogens with zero attached hydrogens (tertiary/aromatic N) is 1. The summed E-state index contributed by atoms with van der Waals surface area (Å²) in [5.74, 6) is -0.847. The standard InChI is InChI=1S/C20H22N2O3/c1-11(13-6-4-3-5-7-13)21-18(23)12(2)22-19(24)16-14-8-9-15(10-14)17(16)20(22)25/h3-9,11-12,14-17H,10H2,1-2H3,(H,21,23)/t11-,12-,14+,15+,16+,17+/m1/s1. The molecular weight excluding hydrogens is 316 g/mol. The van der Waals surface area contributed by atoms with E-state index in [1.165, 1.54) is 4.90 Å². The van der Waals surface area contributed by atoms with Gasteiger partial charge in [-0.1, -0.05) is 42.5 Å². The number of carbonyl (C=O) groups excluding carboxylic acids is 3. The van der Waals surface area contributed by atoms with Crippen LogP contribution in [0, 0.1) is 23.7 Å². The molecule has 2 aliphatic carbocycles. The lowest BCUT2D eigenvalue weighted by Gasteiger charge is -2.25. The number of hydrogen-bond acceptors (Lipinski definition) is 3. The van der Waals surface area contributed by atoms with Gasteiger partial charge in [-0.25, -0.2) is 0 Å². The molecule has 5 nitrogen and oxygen atoms in total. The van der Waals surface area contributed by atoms with Gasteiger partial charge in [0, 0.05) is 0 Å². The smallest absolute Gasteiger partial charge is 0.243 e. The highest BCUT2D eigenvalue weighted by Crippen LogP contribution is 2.52. The van der Waals surface area contributed by atoms with E-state index in [0.717, 1.165) is 12.0 Å². The number of hydrogen-bond donors (Lipinski definition) is 1. The first-order valence-electron chi connectivity index (χ1n) is 8.89. The van der Waals surface area contributed by atoms with E-state index in [0.29, 0.717) is 0 Å². The third kappa shape index (κ3) is 2.41. The fourth-order valence-electron chi connectivity index (χ4n) is 4.58. The number of likely N-dealkylation sites (tertiary alicyclic amines) is 1. The maximum absolute atomic E-state index is 12.8. The summed E-state index contributed by atoms with van der Waals surface area (Å²) >= 11 is 0. The van der Waals surface area contributed by atoms with Crippen molar-refractivity contribution in [3.63, 3.8) is 0 Å². The van der Waals surface area contributed by atoms with Gasteiger partial charge in [0.05, 0.1) is 17.9 Å². The molecule has 2 fully saturated rings. The molecule has 3 amide bonds. The topological polar surface area (TPSA) is 66.5 Å². The van der Waals surface area contributed by atoms with Gasteiger partial charge in [-0.2, -0.15) is 0 Å². The van der Waals surface area contributed by atoms with Crippen molar-refractivity contribution in [3.8, 4) is 0 Å². The summed E-state index contributed by atoms with van der Waals surface area (Å²) in [4.78, 5) is 39.4. The lowest BCUT2D eigenvalue weighted by molar-refractivity contribution is -0.148.